The van der Waals surface area contributed by atoms with Crippen LogP contribution in [-0.4, -0.2) is 35.9 Å². The smallest absolute Gasteiger partial charge is 0.257 e. The molecular formula is C23H20N4O3S. The van der Waals surface area contributed by atoms with Gasteiger partial charge in [-0.2, -0.15) is 0 Å². The van der Waals surface area contributed by atoms with Gasteiger partial charge < -0.3 is 15.2 Å². The molecule has 0 radical (unpaired) electrons. The number of anilines is 3. The van der Waals surface area contributed by atoms with Gasteiger partial charge in [0.2, 0.25) is 0 Å². The second-order valence-corrected chi connectivity index (χ2v) is 9.90. The van der Waals surface area contributed by atoms with Crippen LogP contribution >= 0.6 is 0 Å². The van der Waals surface area contributed by atoms with Crippen LogP contribution in [0.15, 0.2) is 67.1 Å². The maximum absolute atomic E-state index is 12.7. The van der Waals surface area contributed by atoms with Crippen molar-refractivity contribution < 1.29 is 13.2 Å². The van der Waals surface area contributed by atoms with E-state index in [0.717, 1.165) is 33.4 Å². The first-order valence-corrected chi connectivity index (χ1v) is 11.9. The number of nitrogens with zero attached hydrogens (tertiary/aromatic N) is 2. The molecular weight excluding hydrogens is 412 g/mol. The number of hydrogen-bond donors (Lipinski definition) is 2. The Balaban J connectivity index is 1.61. The van der Waals surface area contributed by atoms with E-state index in [1.165, 1.54) is 6.26 Å². The van der Waals surface area contributed by atoms with Gasteiger partial charge in [0, 0.05) is 36.1 Å². The lowest BCUT2D eigenvalue weighted by atomic mass is 10.0. The fourth-order valence-corrected chi connectivity index (χ4v) is 4.39. The van der Waals surface area contributed by atoms with Crippen LogP contribution in [0.2, 0.25) is 0 Å². The van der Waals surface area contributed by atoms with Crippen LogP contribution in [0, 0.1) is 0 Å². The standard InChI is InChI=1S/C23H20N4O3S/c1-31(29,30)11-10-27-14-18(16-8-9-24-13-22(16)27)15-6-7-17-21(12-15)25-19-4-2-3-5-20(19)26-23(17)28/h2-9,12-14,25H,10-11H2,1H3,(H,26,28). The highest BCUT2D eigenvalue weighted by molar-refractivity contribution is 7.90. The molecule has 2 N–H and O–H groups in total. The van der Waals surface area contributed by atoms with Crippen LogP contribution in [-0.2, 0) is 16.4 Å². The molecule has 7 nitrogen and oxygen atoms in total. The van der Waals surface area contributed by atoms with Crippen molar-refractivity contribution >= 4 is 43.7 Å². The van der Waals surface area contributed by atoms with Crippen molar-refractivity contribution in [2.75, 3.05) is 22.6 Å². The number of nitrogens with one attached hydrogen (secondary N) is 2. The molecule has 0 saturated carbocycles. The molecule has 0 bridgehead atoms. The van der Waals surface area contributed by atoms with Gasteiger partial charge in [-0.25, -0.2) is 8.42 Å². The van der Waals surface area contributed by atoms with Crippen molar-refractivity contribution in [3.63, 3.8) is 0 Å². The molecule has 0 aliphatic carbocycles. The highest BCUT2D eigenvalue weighted by atomic mass is 32.2. The Morgan fingerprint density at radius 3 is 2.52 bits per heavy atom. The van der Waals surface area contributed by atoms with Crippen molar-refractivity contribution in [2.24, 2.45) is 0 Å². The highest BCUT2D eigenvalue weighted by Crippen LogP contribution is 2.36. The number of sulfone groups is 1. The molecule has 0 atom stereocenters. The number of aromatic nitrogens is 2. The third-order valence-corrected chi connectivity index (χ3v) is 6.33. The quantitative estimate of drug-likeness (QED) is 0.507. The molecule has 0 unspecified atom stereocenters. The van der Waals surface area contributed by atoms with Crippen LogP contribution in [0.1, 0.15) is 10.4 Å². The zero-order chi connectivity index (χ0) is 21.6. The summed E-state index contributed by atoms with van der Waals surface area (Å²) in [6.45, 7) is 0.347. The minimum atomic E-state index is -3.09. The summed E-state index contributed by atoms with van der Waals surface area (Å²) in [6, 6.07) is 15.1. The van der Waals surface area contributed by atoms with Gasteiger partial charge in [0.1, 0.15) is 9.84 Å². The number of carbonyl (C=O) groups excluding carboxylic acids is 1. The van der Waals surface area contributed by atoms with E-state index in [4.69, 9.17) is 0 Å². The maximum Gasteiger partial charge on any atom is 0.257 e. The molecule has 1 amide bonds. The van der Waals surface area contributed by atoms with E-state index in [1.807, 2.05) is 53.2 Å². The zero-order valence-electron chi connectivity index (χ0n) is 16.8. The molecule has 5 rings (SSSR count). The molecule has 31 heavy (non-hydrogen) atoms. The van der Waals surface area contributed by atoms with Crippen molar-refractivity contribution in [3.05, 3.63) is 72.7 Å². The molecule has 1 aliphatic rings. The van der Waals surface area contributed by atoms with Gasteiger partial charge in [-0.15, -0.1) is 0 Å². The SMILES string of the molecule is CS(=O)(=O)CCn1cc(-c2ccc3c(c2)Nc2ccccc2NC3=O)c2ccncc21. The first-order valence-electron chi connectivity index (χ1n) is 9.81. The maximum atomic E-state index is 12.7. The summed E-state index contributed by atoms with van der Waals surface area (Å²) in [6.07, 6.45) is 6.65. The first kappa shape index (κ1) is 19.3. The summed E-state index contributed by atoms with van der Waals surface area (Å²) in [5.74, 6) is -0.118. The lowest BCUT2D eigenvalue weighted by Gasteiger charge is -2.10. The van der Waals surface area contributed by atoms with E-state index in [-0.39, 0.29) is 11.7 Å². The fraction of sp³-hybridized carbons (Fsp3) is 0.130. The topological polar surface area (TPSA) is 93.1 Å². The Hall–Kier alpha value is -3.65. The third kappa shape index (κ3) is 3.66. The molecule has 2 aromatic carbocycles. The Bertz CT molecular complexity index is 1440. The molecule has 8 heteroatoms. The van der Waals surface area contributed by atoms with Crippen molar-refractivity contribution in [3.8, 4) is 11.1 Å². The van der Waals surface area contributed by atoms with E-state index in [0.29, 0.717) is 17.8 Å². The summed E-state index contributed by atoms with van der Waals surface area (Å²) in [5.41, 5.74) is 5.57. The zero-order valence-corrected chi connectivity index (χ0v) is 17.6. The molecule has 4 aromatic rings. The number of hydrogen-bond acceptors (Lipinski definition) is 5. The predicted molar refractivity (Wildman–Crippen MR) is 123 cm³/mol. The van der Waals surface area contributed by atoms with Gasteiger partial charge in [0.25, 0.3) is 5.91 Å². The Morgan fingerprint density at radius 2 is 1.74 bits per heavy atom. The van der Waals surface area contributed by atoms with Crippen molar-refractivity contribution in [1.29, 1.82) is 0 Å². The van der Waals surface area contributed by atoms with Gasteiger partial charge in [0.05, 0.1) is 40.1 Å². The average molecular weight is 433 g/mol. The van der Waals surface area contributed by atoms with E-state index < -0.39 is 9.84 Å². The lowest BCUT2D eigenvalue weighted by molar-refractivity contribution is 0.102. The minimum absolute atomic E-state index is 0.0494. The van der Waals surface area contributed by atoms with Gasteiger partial charge in [-0.1, -0.05) is 18.2 Å². The third-order valence-electron chi connectivity index (χ3n) is 5.41. The van der Waals surface area contributed by atoms with Gasteiger partial charge in [-0.05, 0) is 35.9 Å². The molecule has 3 heterocycles. The fourth-order valence-electron chi connectivity index (χ4n) is 3.87. The van der Waals surface area contributed by atoms with E-state index in [1.54, 1.807) is 18.5 Å². The Labute approximate surface area is 179 Å². The first-order chi connectivity index (χ1) is 14.9. The Kier molecular flexibility index (Phi) is 4.51. The predicted octanol–water partition coefficient (Wildman–Crippen LogP) is 4.06. The summed E-state index contributed by atoms with van der Waals surface area (Å²) in [7, 11) is -3.09. The summed E-state index contributed by atoms with van der Waals surface area (Å²) >= 11 is 0. The molecule has 0 fully saturated rings. The number of aryl methyl sites for hydroxylation is 1. The number of amides is 1. The van der Waals surface area contributed by atoms with E-state index >= 15 is 0 Å². The molecule has 1 aliphatic heterocycles. The van der Waals surface area contributed by atoms with Crippen molar-refractivity contribution in [2.45, 2.75) is 6.54 Å². The summed E-state index contributed by atoms with van der Waals surface area (Å²) in [5, 5.41) is 7.27. The number of fused-ring (bicyclic) bond motifs is 3. The number of carbonyl (C=O) groups is 1. The number of pyridine rings is 1. The second kappa shape index (κ2) is 7.24. The highest BCUT2D eigenvalue weighted by Gasteiger charge is 2.20. The lowest BCUT2D eigenvalue weighted by Crippen LogP contribution is -2.10. The number of rotatable bonds is 4. The van der Waals surface area contributed by atoms with Crippen LogP contribution in [0.4, 0.5) is 17.1 Å². The molecule has 0 spiro atoms. The van der Waals surface area contributed by atoms with Crippen LogP contribution < -0.4 is 10.6 Å². The van der Waals surface area contributed by atoms with Gasteiger partial charge in [0.15, 0.2) is 0 Å². The van der Waals surface area contributed by atoms with Gasteiger partial charge in [-0.3, -0.25) is 9.78 Å². The molecule has 0 saturated heterocycles. The van der Waals surface area contributed by atoms with Crippen molar-refractivity contribution in [1.82, 2.24) is 9.55 Å². The van der Waals surface area contributed by atoms with Crippen LogP contribution in [0.3, 0.4) is 0 Å². The number of para-hydroxylation sites is 2. The van der Waals surface area contributed by atoms with E-state index in [9.17, 15) is 13.2 Å². The molecule has 2 aromatic heterocycles. The normalized spacial score (nSPS) is 13.1. The molecule has 156 valence electrons. The number of benzene rings is 2. The second-order valence-electron chi connectivity index (χ2n) is 7.64. The average Bonchev–Trinajstić information content (AvgIpc) is 3.05. The summed E-state index contributed by atoms with van der Waals surface area (Å²) < 4.78 is 25.3. The van der Waals surface area contributed by atoms with Gasteiger partial charge >= 0.3 is 0 Å². The largest absolute Gasteiger partial charge is 0.353 e. The van der Waals surface area contributed by atoms with Crippen LogP contribution in [0.25, 0.3) is 22.0 Å². The summed E-state index contributed by atoms with van der Waals surface area (Å²) in [4.78, 5) is 16.9. The minimum Gasteiger partial charge on any atom is -0.353 e. The van der Waals surface area contributed by atoms with Crippen LogP contribution in [0.5, 0.6) is 0 Å². The Morgan fingerprint density at radius 1 is 0.968 bits per heavy atom. The van der Waals surface area contributed by atoms with E-state index in [2.05, 4.69) is 15.6 Å². The monoisotopic (exact) mass is 432 g/mol.